The summed E-state index contributed by atoms with van der Waals surface area (Å²) < 4.78 is 5.69. The quantitative estimate of drug-likeness (QED) is 0.653. The summed E-state index contributed by atoms with van der Waals surface area (Å²) in [5.41, 5.74) is 10.2. The van der Waals surface area contributed by atoms with E-state index in [4.69, 9.17) is 10.5 Å². The summed E-state index contributed by atoms with van der Waals surface area (Å²) in [5.74, 6) is 0.374. The molecule has 0 saturated heterocycles. The van der Waals surface area contributed by atoms with E-state index in [1.165, 1.54) is 48.9 Å². The molecule has 4 rings (SSSR count). The van der Waals surface area contributed by atoms with E-state index in [0.717, 1.165) is 5.56 Å². The summed E-state index contributed by atoms with van der Waals surface area (Å²) in [6.45, 7) is 2.43. The lowest BCUT2D eigenvalue weighted by Crippen LogP contribution is -2.36. The number of carboxylic acid groups (broad SMARTS) is 1. The summed E-state index contributed by atoms with van der Waals surface area (Å²) in [5, 5.41) is 9.32. The second-order valence-corrected chi connectivity index (χ2v) is 8.16. The van der Waals surface area contributed by atoms with Crippen molar-refractivity contribution in [3.63, 3.8) is 0 Å². The molecule has 0 atom stereocenters. The van der Waals surface area contributed by atoms with Gasteiger partial charge in [0.05, 0.1) is 30.9 Å². The topological polar surface area (TPSA) is 92.9 Å². The number of carbonyl (C=O) groups excluding carboxylic acids is 1. The minimum Gasteiger partial charge on any atom is -0.492 e. The molecule has 0 spiro atoms. The average Bonchev–Trinajstić information content (AvgIpc) is 3.64. The van der Waals surface area contributed by atoms with Gasteiger partial charge in [-0.25, -0.2) is 4.79 Å². The van der Waals surface area contributed by atoms with Crippen molar-refractivity contribution in [1.82, 2.24) is 0 Å². The van der Waals surface area contributed by atoms with E-state index >= 15 is 0 Å². The highest BCUT2D eigenvalue weighted by molar-refractivity contribution is 5.97. The van der Waals surface area contributed by atoms with E-state index in [0.29, 0.717) is 36.4 Å². The van der Waals surface area contributed by atoms with Gasteiger partial charge in [0, 0.05) is 0 Å². The van der Waals surface area contributed by atoms with Crippen LogP contribution in [0.25, 0.3) is 0 Å². The second kappa shape index (κ2) is 8.48. The number of rotatable bonds is 9. The molecule has 0 radical (unpaired) electrons. The number of hydrogen-bond donors (Lipinski definition) is 2. The molecular formula is C24H28N2O4. The third-order valence-electron chi connectivity index (χ3n) is 5.75. The van der Waals surface area contributed by atoms with Crippen molar-refractivity contribution in [1.29, 1.82) is 0 Å². The van der Waals surface area contributed by atoms with E-state index in [1.54, 1.807) is 11.0 Å². The number of anilines is 1. The van der Waals surface area contributed by atoms with Crippen LogP contribution in [-0.4, -0.2) is 30.1 Å². The Morgan fingerprint density at radius 2 is 1.70 bits per heavy atom. The van der Waals surface area contributed by atoms with Gasteiger partial charge >= 0.3 is 5.97 Å². The number of ether oxygens (including phenoxy) is 1. The van der Waals surface area contributed by atoms with Crippen molar-refractivity contribution in [2.24, 2.45) is 5.73 Å². The molecule has 30 heavy (non-hydrogen) atoms. The molecule has 2 aromatic rings. The number of aromatic carboxylic acids is 1. The van der Waals surface area contributed by atoms with Gasteiger partial charge in [-0.2, -0.15) is 0 Å². The lowest BCUT2D eigenvalue weighted by atomic mass is 9.99. The smallest absolute Gasteiger partial charge is 0.335 e. The van der Waals surface area contributed by atoms with Crippen LogP contribution < -0.4 is 15.4 Å². The number of carboxylic acids is 1. The molecule has 158 valence electrons. The minimum atomic E-state index is -1.04. The first-order chi connectivity index (χ1) is 14.5. The van der Waals surface area contributed by atoms with Gasteiger partial charge in [-0.1, -0.05) is 18.2 Å². The van der Waals surface area contributed by atoms with Crippen molar-refractivity contribution in [3.8, 4) is 5.75 Å². The Hall–Kier alpha value is -2.86. The fourth-order valence-corrected chi connectivity index (χ4v) is 3.88. The van der Waals surface area contributed by atoms with Crippen molar-refractivity contribution in [2.75, 3.05) is 18.1 Å². The molecule has 2 aromatic carbocycles. The van der Waals surface area contributed by atoms with Crippen LogP contribution in [0.4, 0.5) is 5.69 Å². The zero-order chi connectivity index (χ0) is 21.3. The highest BCUT2D eigenvalue weighted by Gasteiger charge is 2.29. The Balaban J connectivity index is 1.70. The Morgan fingerprint density at radius 1 is 1.07 bits per heavy atom. The molecule has 6 nitrogen and oxygen atoms in total. The van der Waals surface area contributed by atoms with Crippen molar-refractivity contribution < 1.29 is 19.4 Å². The third-order valence-corrected chi connectivity index (χ3v) is 5.75. The molecule has 2 aliphatic carbocycles. The first-order valence-electron chi connectivity index (χ1n) is 10.6. The molecule has 0 heterocycles. The SMILES string of the molecule is CCOc1cc(C(=O)O)ccc1N(Cc1cc(C2CC2)cc(C2CC2)c1)C(=O)CN. The van der Waals surface area contributed by atoms with Gasteiger partial charge in [-0.3, -0.25) is 4.79 Å². The summed E-state index contributed by atoms with van der Waals surface area (Å²) in [7, 11) is 0. The van der Waals surface area contributed by atoms with E-state index in [9.17, 15) is 14.7 Å². The molecule has 1 amide bonds. The predicted octanol–water partition coefficient (Wildman–Crippen LogP) is 4.03. The van der Waals surface area contributed by atoms with Crippen LogP contribution in [0.2, 0.25) is 0 Å². The lowest BCUT2D eigenvalue weighted by molar-refractivity contribution is -0.117. The first-order valence-corrected chi connectivity index (χ1v) is 10.6. The predicted molar refractivity (Wildman–Crippen MR) is 115 cm³/mol. The zero-order valence-electron chi connectivity index (χ0n) is 17.3. The largest absolute Gasteiger partial charge is 0.492 e. The van der Waals surface area contributed by atoms with Gasteiger partial charge in [-0.15, -0.1) is 0 Å². The third kappa shape index (κ3) is 4.49. The Bertz CT molecular complexity index is 933. The van der Waals surface area contributed by atoms with E-state index in [1.807, 2.05) is 6.92 Å². The molecule has 0 unspecified atom stereocenters. The van der Waals surface area contributed by atoms with Crippen molar-refractivity contribution in [3.05, 3.63) is 58.7 Å². The van der Waals surface area contributed by atoms with Crippen LogP contribution in [0.5, 0.6) is 5.75 Å². The maximum Gasteiger partial charge on any atom is 0.335 e. The Morgan fingerprint density at radius 3 is 2.20 bits per heavy atom. The summed E-state index contributed by atoms with van der Waals surface area (Å²) >= 11 is 0. The van der Waals surface area contributed by atoms with Crippen LogP contribution in [0.15, 0.2) is 36.4 Å². The first kappa shape index (κ1) is 20.4. The number of nitrogens with two attached hydrogens (primary N) is 1. The highest BCUT2D eigenvalue weighted by Crippen LogP contribution is 2.45. The molecule has 2 aliphatic rings. The van der Waals surface area contributed by atoms with Crippen LogP contribution >= 0.6 is 0 Å². The van der Waals surface area contributed by atoms with Gasteiger partial charge in [0.2, 0.25) is 5.91 Å². The maximum absolute atomic E-state index is 12.8. The number of amides is 1. The molecule has 0 aromatic heterocycles. The number of carbonyl (C=O) groups is 2. The van der Waals surface area contributed by atoms with Crippen molar-refractivity contribution >= 4 is 17.6 Å². The van der Waals surface area contributed by atoms with Gasteiger partial charge in [0.15, 0.2) is 0 Å². The molecule has 0 aliphatic heterocycles. The fraction of sp³-hybridized carbons (Fsp3) is 0.417. The maximum atomic E-state index is 12.8. The van der Waals surface area contributed by atoms with Gasteiger partial charge in [0.25, 0.3) is 0 Å². The lowest BCUT2D eigenvalue weighted by Gasteiger charge is -2.25. The molecule has 6 heteroatoms. The second-order valence-electron chi connectivity index (χ2n) is 8.16. The monoisotopic (exact) mass is 408 g/mol. The van der Waals surface area contributed by atoms with Crippen molar-refractivity contribution in [2.45, 2.75) is 51.0 Å². The van der Waals surface area contributed by atoms with Crippen LogP contribution in [0, 0.1) is 0 Å². The number of benzene rings is 2. The van der Waals surface area contributed by atoms with E-state index < -0.39 is 5.97 Å². The van der Waals surface area contributed by atoms with E-state index in [-0.39, 0.29) is 18.0 Å². The average molecular weight is 408 g/mol. The molecule has 0 bridgehead atoms. The summed E-state index contributed by atoms with van der Waals surface area (Å²) in [4.78, 5) is 25.8. The molecular weight excluding hydrogens is 380 g/mol. The van der Waals surface area contributed by atoms with Crippen LogP contribution in [-0.2, 0) is 11.3 Å². The highest BCUT2D eigenvalue weighted by atomic mass is 16.5. The number of hydrogen-bond acceptors (Lipinski definition) is 4. The Kier molecular flexibility index (Phi) is 5.77. The zero-order valence-corrected chi connectivity index (χ0v) is 17.3. The number of nitrogens with zero attached hydrogens (tertiary/aromatic N) is 1. The van der Waals surface area contributed by atoms with E-state index in [2.05, 4.69) is 18.2 Å². The van der Waals surface area contributed by atoms with Gasteiger partial charge < -0.3 is 20.5 Å². The molecule has 2 saturated carbocycles. The Labute approximate surface area is 176 Å². The van der Waals surface area contributed by atoms with Gasteiger partial charge in [0.1, 0.15) is 5.75 Å². The molecule has 2 fully saturated rings. The fourth-order valence-electron chi connectivity index (χ4n) is 3.88. The standard InChI is InChI=1S/C24H28N2O4/c1-2-30-22-12-18(24(28)29)7-8-21(22)26(23(27)13-25)14-15-9-19(16-3-4-16)11-20(10-15)17-5-6-17/h7-12,16-17H,2-6,13-14,25H2,1H3,(H,28,29). The summed E-state index contributed by atoms with van der Waals surface area (Å²) in [6, 6.07) is 11.3. The minimum absolute atomic E-state index is 0.120. The van der Waals surface area contributed by atoms with Crippen LogP contribution in [0.3, 0.4) is 0 Å². The molecule has 3 N–H and O–H groups in total. The summed E-state index contributed by atoms with van der Waals surface area (Å²) in [6.07, 6.45) is 4.91. The van der Waals surface area contributed by atoms with Crippen LogP contribution in [0.1, 0.15) is 71.5 Å². The normalized spacial score (nSPS) is 15.7. The van der Waals surface area contributed by atoms with Gasteiger partial charge in [-0.05, 0) is 79.3 Å².